The van der Waals surface area contributed by atoms with Crippen molar-refractivity contribution in [1.82, 2.24) is 5.32 Å². The van der Waals surface area contributed by atoms with Crippen molar-refractivity contribution in [2.75, 3.05) is 13.2 Å². The highest BCUT2D eigenvalue weighted by Crippen LogP contribution is 2.29. The van der Waals surface area contributed by atoms with Crippen molar-refractivity contribution >= 4 is 23.8 Å². The number of amides is 2. The highest BCUT2D eigenvalue weighted by atomic mass is 19.4. The first-order valence-corrected chi connectivity index (χ1v) is 8.60. The summed E-state index contributed by atoms with van der Waals surface area (Å²) in [6.07, 6.45) is -5.31. The SMILES string of the molecule is CCOC(=O)C[C@@H](C(=O)OCC)[C@@H](NC(=O)c1cccc(C(F)(F)F)c1)C(N)=O. The van der Waals surface area contributed by atoms with Crippen LogP contribution in [-0.2, 0) is 30.0 Å². The van der Waals surface area contributed by atoms with E-state index in [2.05, 4.69) is 5.32 Å². The molecule has 11 heteroatoms. The van der Waals surface area contributed by atoms with Gasteiger partial charge in [-0.25, -0.2) is 0 Å². The summed E-state index contributed by atoms with van der Waals surface area (Å²) in [5.74, 6) is -5.61. The summed E-state index contributed by atoms with van der Waals surface area (Å²) in [6.45, 7) is 2.94. The molecule has 0 fully saturated rings. The van der Waals surface area contributed by atoms with E-state index in [1.54, 1.807) is 0 Å². The van der Waals surface area contributed by atoms with Gasteiger partial charge < -0.3 is 20.5 Å². The zero-order valence-electron chi connectivity index (χ0n) is 15.7. The highest BCUT2D eigenvalue weighted by molar-refractivity contribution is 5.99. The number of hydrogen-bond acceptors (Lipinski definition) is 6. The van der Waals surface area contributed by atoms with Gasteiger partial charge in [0.05, 0.1) is 31.1 Å². The highest BCUT2D eigenvalue weighted by Gasteiger charge is 2.37. The Kier molecular flexibility index (Phi) is 8.61. The molecule has 0 aliphatic heterocycles. The lowest BCUT2D eigenvalue weighted by Gasteiger charge is -2.23. The third-order valence-corrected chi connectivity index (χ3v) is 3.73. The molecule has 1 aromatic carbocycles. The predicted octanol–water partition coefficient (Wildman–Crippen LogP) is 1.42. The first kappa shape index (κ1) is 23.9. The molecule has 0 heterocycles. The lowest BCUT2D eigenvalue weighted by molar-refractivity contribution is -0.156. The molecule has 0 aliphatic rings. The van der Waals surface area contributed by atoms with Gasteiger partial charge in [-0.3, -0.25) is 19.2 Å². The van der Waals surface area contributed by atoms with Crippen LogP contribution >= 0.6 is 0 Å². The minimum absolute atomic E-state index is 0.00616. The van der Waals surface area contributed by atoms with Gasteiger partial charge in [-0.2, -0.15) is 13.2 Å². The Morgan fingerprint density at radius 1 is 1.10 bits per heavy atom. The Bertz CT molecular complexity index is 766. The summed E-state index contributed by atoms with van der Waals surface area (Å²) in [5.41, 5.74) is 3.77. The van der Waals surface area contributed by atoms with Crippen LogP contribution in [0, 0.1) is 5.92 Å². The summed E-state index contributed by atoms with van der Waals surface area (Å²) in [7, 11) is 0. The molecular formula is C18H21F3N2O6. The quantitative estimate of drug-likeness (QED) is 0.585. The maximum Gasteiger partial charge on any atom is 0.416 e. The van der Waals surface area contributed by atoms with E-state index in [4.69, 9.17) is 15.2 Å². The number of rotatable bonds is 9. The summed E-state index contributed by atoms with van der Waals surface area (Å²) >= 11 is 0. The number of alkyl halides is 3. The van der Waals surface area contributed by atoms with Gasteiger partial charge in [-0.1, -0.05) is 6.07 Å². The average Bonchev–Trinajstić information content (AvgIpc) is 2.64. The molecule has 0 aromatic heterocycles. The molecule has 0 radical (unpaired) electrons. The fourth-order valence-electron chi connectivity index (χ4n) is 2.42. The van der Waals surface area contributed by atoms with Crippen LogP contribution in [-0.4, -0.2) is 43.0 Å². The Morgan fingerprint density at radius 2 is 1.72 bits per heavy atom. The third-order valence-electron chi connectivity index (χ3n) is 3.73. The van der Waals surface area contributed by atoms with Crippen molar-refractivity contribution in [1.29, 1.82) is 0 Å². The maximum atomic E-state index is 12.8. The van der Waals surface area contributed by atoms with Gasteiger partial charge in [-0.05, 0) is 32.0 Å². The molecule has 0 spiro atoms. The van der Waals surface area contributed by atoms with E-state index in [-0.39, 0.29) is 13.2 Å². The molecule has 0 aliphatic carbocycles. The fraction of sp³-hybridized carbons (Fsp3) is 0.444. The van der Waals surface area contributed by atoms with E-state index in [0.29, 0.717) is 6.07 Å². The minimum Gasteiger partial charge on any atom is -0.466 e. The van der Waals surface area contributed by atoms with Gasteiger partial charge in [-0.15, -0.1) is 0 Å². The van der Waals surface area contributed by atoms with Crippen LogP contribution in [0.5, 0.6) is 0 Å². The van der Waals surface area contributed by atoms with E-state index in [1.807, 2.05) is 0 Å². The van der Waals surface area contributed by atoms with Crippen molar-refractivity contribution in [2.45, 2.75) is 32.5 Å². The largest absolute Gasteiger partial charge is 0.466 e. The first-order valence-electron chi connectivity index (χ1n) is 8.60. The Balaban J connectivity index is 3.15. The van der Waals surface area contributed by atoms with Crippen LogP contribution in [0.2, 0.25) is 0 Å². The molecule has 2 atom stereocenters. The van der Waals surface area contributed by atoms with Crippen LogP contribution in [0.1, 0.15) is 36.2 Å². The summed E-state index contributed by atoms with van der Waals surface area (Å²) in [5, 5.41) is 2.11. The van der Waals surface area contributed by atoms with Crippen LogP contribution in [0.25, 0.3) is 0 Å². The number of carbonyl (C=O) groups excluding carboxylic acids is 4. The summed E-state index contributed by atoms with van der Waals surface area (Å²) in [4.78, 5) is 48.2. The van der Waals surface area contributed by atoms with Crippen LogP contribution in [0.4, 0.5) is 13.2 Å². The smallest absolute Gasteiger partial charge is 0.416 e. The summed E-state index contributed by atoms with van der Waals surface area (Å²) in [6, 6.07) is 1.74. The average molecular weight is 418 g/mol. The van der Waals surface area contributed by atoms with Crippen molar-refractivity contribution in [3.05, 3.63) is 35.4 Å². The molecule has 0 unspecified atom stereocenters. The number of nitrogens with two attached hydrogens (primary N) is 1. The van der Waals surface area contributed by atoms with E-state index in [1.165, 1.54) is 13.8 Å². The number of carbonyl (C=O) groups is 4. The van der Waals surface area contributed by atoms with Crippen molar-refractivity contribution < 1.29 is 41.8 Å². The topological polar surface area (TPSA) is 125 Å². The minimum atomic E-state index is -4.68. The van der Waals surface area contributed by atoms with Crippen LogP contribution in [0.3, 0.4) is 0 Å². The first-order chi connectivity index (χ1) is 13.5. The van der Waals surface area contributed by atoms with Crippen LogP contribution < -0.4 is 11.1 Å². The molecule has 160 valence electrons. The van der Waals surface area contributed by atoms with Gasteiger partial charge in [0.2, 0.25) is 5.91 Å². The molecule has 0 saturated carbocycles. The van der Waals surface area contributed by atoms with E-state index >= 15 is 0 Å². The van der Waals surface area contributed by atoms with Gasteiger partial charge in [0, 0.05) is 5.56 Å². The maximum absolute atomic E-state index is 12.8. The van der Waals surface area contributed by atoms with Gasteiger partial charge in [0.1, 0.15) is 6.04 Å². The third kappa shape index (κ3) is 7.09. The van der Waals surface area contributed by atoms with E-state index < -0.39 is 59.4 Å². The Hall–Kier alpha value is -3.11. The molecule has 0 bridgehead atoms. The number of primary amides is 1. The second-order valence-corrected chi connectivity index (χ2v) is 5.80. The molecule has 1 rings (SSSR count). The standard InChI is InChI=1S/C18H21F3N2O6/c1-3-28-13(24)9-12(17(27)29-4-2)14(15(22)25)23-16(26)10-6-5-7-11(8-10)18(19,20)21/h5-8,12,14H,3-4,9H2,1-2H3,(H2,22,25)(H,23,26)/t12-,14-/m1/s1. The number of halogens is 3. The van der Waals surface area contributed by atoms with E-state index in [9.17, 15) is 32.3 Å². The molecule has 8 nitrogen and oxygen atoms in total. The lowest BCUT2D eigenvalue weighted by atomic mass is 9.94. The number of hydrogen-bond donors (Lipinski definition) is 2. The molecular weight excluding hydrogens is 397 g/mol. The Morgan fingerprint density at radius 3 is 2.24 bits per heavy atom. The second-order valence-electron chi connectivity index (χ2n) is 5.80. The van der Waals surface area contributed by atoms with Crippen molar-refractivity contribution in [3.63, 3.8) is 0 Å². The zero-order chi connectivity index (χ0) is 22.2. The number of benzene rings is 1. The second kappa shape index (κ2) is 10.4. The summed E-state index contributed by atoms with van der Waals surface area (Å²) < 4.78 is 48.1. The molecule has 1 aromatic rings. The zero-order valence-corrected chi connectivity index (χ0v) is 15.7. The monoisotopic (exact) mass is 418 g/mol. The van der Waals surface area contributed by atoms with E-state index in [0.717, 1.165) is 18.2 Å². The number of esters is 2. The molecule has 0 saturated heterocycles. The van der Waals surface area contributed by atoms with Gasteiger partial charge in [0.25, 0.3) is 5.91 Å². The molecule has 2 amide bonds. The van der Waals surface area contributed by atoms with Gasteiger partial charge >= 0.3 is 18.1 Å². The van der Waals surface area contributed by atoms with Gasteiger partial charge in [0.15, 0.2) is 0 Å². The lowest BCUT2D eigenvalue weighted by Crippen LogP contribution is -2.52. The number of nitrogens with one attached hydrogen (secondary N) is 1. The van der Waals surface area contributed by atoms with Crippen molar-refractivity contribution in [2.24, 2.45) is 11.7 Å². The fourth-order valence-corrected chi connectivity index (χ4v) is 2.42. The molecule has 29 heavy (non-hydrogen) atoms. The van der Waals surface area contributed by atoms with Crippen LogP contribution in [0.15, 0.2) is 24.3 Å². The number of ether oxygens (including phenoxy) is 2. The normalized spacial score (nSPS) is 13.1. The van der Waals surface area contributed by atoms with Crippen molar-refractivity contribution in [3.8, 4) is 0 Å². The molecule has 3 N–H and O–H groups in total. The Labute approximate surface area is 164 Å². The predicted molar refractivity (Wildman–Crippen MR) is 93.3 cm³/mol.